The summed E-state index contributed by atoms with van der Waals surface area (Å²) < 4.78 is 1.89. The van der Waals surface area contributed by atoms with Crippen molar-refractivity contribution in [2.45, 2.75) is 39.7 Å². The molecule has 116 valence electrons. The Hall–Kier alpha value is -2.06. The first-order chi connectivity index (χ1) is 10.7. The molecule has 0 unspecified atom stereocenters. The summed E-state index contributed by atoms with van der Waals surface area (Å²) in [5.74, 6) is 5.92. The fourth-order valence-corrected chi connectivity index (χ4v) is 2.82. The summed E-state index contributed by atoms with van der Waals surface area (Å²) in [6.07, 6.45) is 6.98. The van der Waals surface area contributed by atoms with Crippen molar-refractivity contribution >= 4 is 23.0 Å². The largest absolute Gasteiger partial charge is 0.322 e. The topological polar surface area (TPSA) is 50.5 Å². The minimum atomic E-state index is -0.146. The molecule has 3 heterocycles. The molecule has 22 heavy (non-hydrogen) atoms. The van der Waals surface area contributed by atoms with Gasteiger partial charge >= 0.3 is 0 Å². The van der Waals surface area contributed by atoms with Crippen molar-refractivity contribution in [3.05, 3.63) is 29.6 Å². The summed E-state index contributed by atoms with van der Waals surface area (Å²) in [7, 11) is 0. The Morgan fingerprint density at radius 2 is 2.18 bits per heavy atom. The van der Waals surface area contributed by atoms with Crippen LogP contribution in [-0.2, 0) is 4.79 Å². The number of rotatable bonds is 1. The van der Waals surface area contributed by atoms with E-state index >= 15 is 0 Å². The first-order valence-electron chi connectivity index (χ1n) is 7.43. The smallest absolute Gasteiger partial charge is 0.299 e. The highest BCUT2D eigenvalue weighted by Crippen LogP contribution is 2.32. The lowest BCUT2D eigenvalue weighted by atomic mass is 10.2. The van der Waals surface area contributed by atoms with E-state index < -0.39 is 0 Å². The van der Waals surface area contributed by atoms with Gasteiger partial charge in [0.1, 0.15) is 11.3 Å². The van der Waals surface area contributed by atoms with Crippen molar-refractivity contribution in [2.24, 2.45) is 0 Å². The summed E-state index contributed by atoms with van der Waals surface area (Å²) in [6, 6.07) is -0.0516. The van der Waals surface area contributed by atoms with E-state index in [0.29, 0.717) is 11.7 Å². The highest BCUT2D eigenvalue weighted by atomic mass is 35.5. The van der Waals surface area contributed by atoms with Crippen LogP contribution < -0.4 is 0 Å². The predicted octanol–water partition coefficient (Wildman–Crippen LogP) is 3.10. The Morgan fingerprint density at radius 1 is 1.41 bits per heavy atom. The molecular formula is C16H19ClN4O. The second-order valence-corrected chi connectivity index (χ2v) is 4.98. The van der Waals surface area contributed by atoms with Gasteiger partial charge in [-0.25, -0.2) is 9.97 Å². The number of amides is 1. The monoisotopic (exact) mass is 318 g/mol. The number of fused-ring (bicyclic) bond motifs is 1. The van der Waals surface area contributed by atoms with Crippen LogP contribution in [0.25, 0.3) is 5.52 Å². The molecule has 0 N–H and O–H groups in total. The molecule has 2 aromatic rings. The van der Waals surface area contributed by atoms with Gasteiger partial charge in [0.25, 0.3) is 5.91 Å². The number of likely N-dealkylation sites (tertiary alicyclic amines) is 1. The molecule has 0 bridgehead atoms. The average molecular weight is 319 g/mol. The van der Waals surface area contributed by atoms with Crippen LogP contribution in [0.1, 0.15) is 45.5 Å². The van der Waals surface area contributed by atoms with E-state index in [1.807, 2.05) is 24.4 Å². The number of carbonyl (C=O) groups is 1. The van der Waals surface area contributed by atoms with Crippen molar-refractivity contribution in [3.8, 4) is 11.8 Å². The van der Waals surface area contributed by atoms with E-state index in [-0.39, 0.29) is 11.9 Å². The van der Waals surface area contributed by atoms with Crippen LogP contribution in [-0.4, -0.2) is 31.7 Å². The molecule has 0 aromatic carbocycles. The molecular weight excluding hydrogens is 300 g/mol. The maximum absolute atomic E-state index is 12.0. The lowest BCUT2D eigenvalue weighted by Gasteiger charge is -2.21. The normalized spacial score (nSPS) is 16.7. The van der Waals surface area contributed by atoms with Crippen molar-refractivity contribution in [1.82, 2.24) is 19.3 Å². The highest BCUT2D eigenvalue weighted by Gasteiger charge is 2.32. The molecule has 1 saturated heterocycles. The molecule has 1 fully saturated rings. The minimum absolute atomic E-state index is 0.0516. The van der Waals surface area contributed by atoms with Crippen LogP contribution in [0.4, 0.5) is 0 Å². The van der Waals surface area contributed by atoms with E-state index in [1.54, 1.807) is 24.2 Å². The lowest BCUT2D eigenvalue weighted by Crippen LogP contribution is -2.30. The third-order valence-corrected chi connectivity index (χ3v) is 3.78. The molecule has 0 spiro atoms. The zero-order valence-corrected chi connectivity index (χ0v) is 13.8. The van der Waals surface area contributed by atoms with Gasteiger partial charge in [0.05, 0.1) is 12.2 Å². The summed E-state index contributed by atoms with van der Waals surface area (Å²) >= 11 is 6.05. The van der Waals surface area contributed by atoms with Gasteiger partial charge in [-0.2, -0.15) is 0 Å². The summed E-state index contributed by atoms with van der Waals surface area (Å²) in [6.45, 7) is 6.38. The molecule has 0 aliphatic carbocycles. The molecule has 0 radical (unpaired) electrons. The molecule has 3 rings (SSSR count). The van der Waals surface area contributed by atoms with E-state index in [0.717, 1.165) is 24.2 Å². The second-order valence-electron chi connectivity index (χ2n) is 4.62. The standard InChI is InChI=1S/C14H13ClN4O.C2H6/c1-2-4-12(20)18-7-3-5-10(18)14-17-9-11-13(15)16-6-8-19(11)14;1-2/h6,8-10H,3,5,7H2,1H3;1-2H3/t10-;/m0./s1. The molecule has 6 heteroatoms. The van der Waals surface area contributed by atoms with Crippen LogP contribution >= 0.6 is 11.6 Å². The number of imidazole rings is 1. The second kappa shape index (κ2) is 7.28. The zero-order valence-electron chi connectivity index (χ0n) is 13.0. The fourth-order valence-electron chi connectivity index (χ4n) is 2.62. The Labute approximate surface area is 135 Å². The maximum atomic E-state index is 12.0. The van der Waals surface area contributed by atoms with Crippen molar-refractivity contribution in [1.29, 1.82) is 0 Å². The predicted molar refractivity (Wildman–Crippen MR) is 86.5 cm³/mol. The fraction of sp³-hybridized carbons (Fsp3) is 0.438. The van der Waals surface area contributed by atoms with Crippen LogP contribution in [0.5, 0.6) is 0 Å². The molecule has 1 aliphatic rings. The number of aromatic nitrogens is 3. The van der Waals surface area contributed by atoms with Gasteiger partial charge in [0, 0.05) is 18.9 Å². The Balaban J connectivity index is 0.000000847. The number of halogens is 1. The van der Waals surface area contributed by atoms with Crippen molar-refractivity contribution in [3.63, 3.8) is 0 Å². The zero-order chi connectivity index (χ0) is 16.1. The third kappa shape index (κ3) is 2.93. The van der Waals surface area contributed by atoms with Crippen LogP contribution in [0.3, 0.4) is 0 Å². The lowest BCUT2D eigenvalue weighted by molar-refractivity contribution is -0.126. The van der Waals surface area contributed by atoms with E-state index in [9.17, 15) is 4.79 Å². The summed E-state index contributed by atoms with van der Waals surface area (Å²) in [4.78, 5) is 22.3. The van der Waals surface area contributed by atoms with E-state index in [2.05, 4.69) is 21.8 Å². The third-order valence-electron chi connectivity index (χ3n) is 3.48. The van der Waals surface area contributed by atoms with Gasteiger partial charge in [-0.3, -0.25) is 9.20 Å². The average Bonchev–Trinajstić information content (AvgIpc) is 3.16. The van der Waals surface area contributed by atoms with Gasteiger partial charge in [-0.15, -0.1) is 0 Å². The van der Waals surface area contributed by atoms with Gasteiger partial charge in [-0.05, 0) is 25.7 Å². The van der Waals surface area contributed by atoms with Gasteiger partial charge in [0.15, 0.2) is 5.15 Å². The van der Waals surface area contributed by atoms with Gasteiger partial charge < -0.3 is 4.90 Å². The molecule has 0 saturated carbocycles. The van der Waals surface area contributed by atoms with Crippen molar-refractivity contribution < 1.29 is 4.79 Å². The SMILES string of the molecule is CC.CC#CC(=O)N1CCC[C@H]1c1ncc2c(Cl)nccn12. The molecule has 1 amide bonds. The Bertz CT molecular complexity index is 729. The molecule has 2 aromatic heterocycles. The van der Waals surface area contributed by atoms with Crippen LogP contribution in [0, 0.1) is 11.8 Å². The highest BCUT2D eigenvalue weighted by molar-refractivity contribution is 6.32. The molecule has 1 atom stereocenters. The number of carbonyl (C=O) groups excluding carboxylic acids is 1. The van der Waals surface area contributed by atoms with Crippen LogP contribution in [0.2, 0.25) is 5.15 Å². The minimum Gasteiger partial charge on any atom is -0.322 e. The van der Waals surface area contributed by atoms with Crippen LogP contribution in [0.15, 0.2) is 18.6 Å². The number of nitrogens with zero attached hydrogens (tertiary/aromatic N) is 4. The summed E-state index contributed by atoms with van der Waals surface area (Å²) in [5, 5.41) is 0.412. The first-order valence-corrected chi connectivity index (χ1v) is 7.81. The van der Waals surface area contributed by atoms with Crippen molar-refractivity contribution in [2.75, 3.05) is 6.54 Å². The Kier molecular flexibility index (Phi) is 5.40. The van der Waals surface area contributed by atoms with E-state index in [1.165, 1.54) is 0 Å². The van der Waals surface area contributed by atoms with E-state index in [4.69, 9.17) is 11.6 Å². The Morgan fingerprint density at radius 3 is 2.91 bits per heavy atom. The molecule has 5 nitrogen and oxygen atoms in total. The quantitative estimate of drug-likeness (QED) is 0.759. The maximum Gasteiger partial charge on any atom is 0.299 e. The van der Waals surface area contributed by atoms with Gasteiger partial charge in [0.2, 0.25) is 0 Å². The number of hydrogen-bond acceptors (Lipinski definition) is 3. The number of hydrogen-bond donors (Lipinski definition) is 0. The first kappa shape index (κ1) is 16.3. The summed E-state index contributed by atoms with van der Waals surface area (Å²) in [5.41, 5.74) is 0.755. The van der Waals surface area contributed by atoms with Gasteiger partial charge in [-0.1, -0.05) is 31.4 Å². The molecule has 1 aliphatic heterocycles.